The lowest BCUT2D eigenvalue weighted by molar-refractivity contribution is 0.00408. The highest BCUT2D eigenvalue weighted by Crippen LogP contribution is 2.20. The molecule has 4 heteroatoms. The van der Waals surface area contributed by atoms with Gasteiger partial charge in [-0.1, -0.05) is 31.5 Å². The molecule has 0 spiro atoms. The smallest absolute Gasteiger partial charge is 0.141 e. The lowest BCUT2D eigenvalue weighted by atomic mass is 10.1. The minimum Gasteiger partial charge on any atom is -0.301 e. The van der Waals surface area contributed by atoms with E-state index in [1.165, 1.54) is 6.07 Å². The largest absolute Gasteiger partial charge is 0.301 e. The maximum absolute atomic E-state index is 12.9. The summed E-state index contributed by atoms with van der Waals surface area (Å²) >= 11 is 5.70. The van der Waals surface area contributed by atoms with Crippen LogP contribution in [-0.4, -0.2) is 6.61 Å². The highest BCUT2D eigenvalue weighted by Gasteiger charge is 2.08. The van der Waals surface area contributed by atoms with Crippen molar-refractivity contribution in [2.45, 2.75) is 26.8 Å². The Labute approximate surface area is 101 Å². The van der Waals surface area contributed by atoms with Gasteiger partial charge in [-0.05, 0) is 30.5 Å². The molecule has 0 aliphatic rings. The second-order valence-electron chi connectivity index (χ2n) is 4.22. The third-order valence-electron chi connectivity index (χ3n) is 2.12. The summed E-state index contributed by atoms with van der Waals surface area (Å²) < 4.78 is 12.9. The molecule has 1 aromatic rings. The van der Waals surface area contributed by atoms with Crippen LogP contribution in [0, 0.1) is 11.7 Å². The minimum absolute atomic E-state index is 0.0168. The summed E-state index contributed by atoms with van der Waals surface area (Å²) in [6.45, 7) is 6.71. The predicted molar refractivity (Wildman–Crippen MR) is 63.8 cm³/mol. The van der Waals surface area contributed by atoms with Crippen LogP contribution in [0.15, 0.2) is 18.2 Å². The van der Waals surface area contributed by atoms with Gasteiger partial charge in [0, 0.05) is 0 Å². The Morgan fingerprint density at radius 2 is 2.06 bits per heavy atom. The molecule has 16 heavy (non-hydrogen) atoms. The van der Waals surface area contributed by atoms with Gasteiger partial charge in [-0.15, -0.1) is 0 Å². The molecule has 1 aromatic carbocycles. The summed E-state index contributed by atoms with van der Waals surface area (Å²) in [6, 6.07) is 4.64. The van der Waals surface area contributed by atoms with Crippen molar-refractivity contribution in [2.24, 2.45) is 5.92 Å². The zero-order valence-electron chi connectivity index (χ0n) is 9.76. The fourth-order valence-corrected chi connectivity index (χ4v) is 1.38. The lowest BCUT2D eigenvalue weighted by Crippen LogP contribution is -2.21. The SMILES string of the molecule is CC(C)CONC(C)c1ccc(F)c(Cl)c1. The standard InChI is InChI=1S/C12H17ClFNO/c1-8(2)7-16-15-9(3)10-4-5-12(14)11(13)6-10/h4-6,8-9,15H,7H2,1-3H3. The predicted octanol–water partition coefficient (Wildman–Crippen LogP) is 3.72. The van der Waals surface area contributed by atoms with E-state index in [1.54, 1.807) is 12.1 Å². The van der Waals surface area contributed by atoms with Gasteiger partial charge < -0.3 is 4.84 Å². The molecule has 0 heterocycles. The molecule has 1 unspecified atom stereocenters. The molecule has 0 saturated heterocycles. The third-order valence-corrected chi connectivity index (χ3v) is 2.41. The first-order valence-electron chi connectivity index (χ1n) is 5.33. The van der Waals surface area contributed by atoms with Gasteiger partial charge in [0.1, 0.15) is 5.82 Å². The van der Waals surface area contributed by atoms with Crippen LogP contribution in [0.2, 0.25) is 5.02 Å². The van der Waals surface area contributed by atoms with Gasteiger partial charge >= 0.3 is 0 Å². The van der Waals surface area contributed by atoms with Crippen molar-refractivity contribution in [3.05, 3.63) is 34.6 Å². The maximum Gasteiger partial charge on any atom is 0.141 e. The molecule has 1 atom stereocenters. The maximum atomic E-state index is 12.9. The second kappa shape index (κ2) is 6.18. The summed E-state index contributed by atoms with van der Waals surface area (Å²) in [4.78, 5) is 5.29. The van der Waals surface area contributed by atoms with E-state index in [2.05, 4.69) is 19.3 Å². The number of hydroxylamine groups is 1. The first-order chi connectivity index (χ1) is 7.50. The molecule has 90 valence electrons. The van der Waals surface area contributed by atoms with Crippen LogP contribution < -0.4 is 5.48 Å². The van der Waals surface area contributed by atoms with E-state index in [9.17, 15) is 4.39 Å². The Balaban J connectivity index is 2.52. The fraction of sp³-hybridized carbons (Fsp3) is 0.500. The first-order valence-corrected chi connectivity index (χ1v) is 5.70. The van der Waals surface area contributed by atoms with E-state index >= 15 is 0 Å². The number of halogens is 2. The average molecular weight is 246 g/mol. The summed E-state index contributed by atoms with van der Waals surface area (Å²) in [5, 5.41) is 0.134. The number of hydrogen-bond donors (Lipinski definition) is 1. The van der Waals surface area contributed by atoms with Crippen molar-refractivity contribution in [2.75, 3.05) is 6.61 Å². The zero-order valence-corrected chi connectivity index (χ0v) is 10.5. The van der Waals surface area contributed by atoms with Crippen molar-refractivity contribution in [1.29, 1.82) is 0 Å². The highest BCUT2D eigenvalue weighted by molar-refractivity contribution is 6.30. The van der Waals surface area contributed by atoms with E-state index in [-0.39, 0.29) is 11.1 Å². The van der Waals surface area contributed by atoms with E-state index in [4.69, 9.17) is 16.4 Å². The van der Waals surface area contributed by atoms with Gasteiger partial charge in [0.15, 0.2) is 0 Å². The molecule has 2 nitrogen and oxygen atoms in total. The van der Waals surface area contributed by atoms with Crippen molar-refractivity contribution in [3.8, 4) is 0 Å². The molecule has 0 aliphatic carbocycles. The van der Waals surface area contributed by atoms with Gasteiger partial charge in [-0.3, -0.25) is 0 Å². The second-order valence-corrected chi connectivity index (χ2v) is 4.63. The monoisotopic (exact) mass is 245 g/mol. The molecular weight excluding hydrogens is 229 g/mol. The van der Waals surface area contributed by atoms with E-state index in [0.717, 1.165) is 5.56 Å². The van der Waals surface area contributed by atoms with Gasteiger partial charge in [-0.2, -0.15) is 5.48 Å². The van der Waals surface area contributed by atoms with Crippen molar-refractivity contribution in [1.82, 2.24) is 5.48 Å². The Morgan fingerprint density at radius 1 is 1.38 bits per heavy atom. The first kappa shape index (κ1) is 13.4. The van der Waals surface area contributed by atoms with Crippen molar-refractivity contribution < 1.29 is 9.23 Å². The van der Waals surface area contributed by atoms with Gasteiger partial charge in [0.2, 0.25) is 0 Å². The van der Waals surface area contributed by atoms with Crippen LogP contribution in [0.3, 0.4) is 0 Å². The molecule has 1 N–H and O–H groups in total. The molecule has 0 bridgehead atoms. The van der Waals surface area contributed by atoms with Crippen LogP contribution in [0.4, 0.5) is 4.39 Å². The number of hydrogen-bond acceptors (Lipinski definition) is 2. The molecule has 0 amide bonds. The molecule has 1 rings (SSSR count). The summed E-state index contributed by atoms with van der Waals surface area (Å²) in [6.07, 6.45) is 0. The van der Waals surface area contributed by atoms with E-state index in [0.29, 0.717) is 12.5 Å². The average Bonchev–Trinajstić information content (AvgIpc) is 2.21. The molecule has 0 aromatic heterocycles. The Bertz CT molecular complexity index is 344. The number of rotatable bonds is 5. The zero-order chi connectivity index (χ0) is 12.1. The summed E-state index contributed by atoms with van der Waals surface area (Å²) in [5.74, 6) is 0.0669. The molecule has 0 fully saturated rings. The Morgan fingerprint density at radius 3 is 2.62 bits per heavy atom. The van der Waals surface area contributed by atoms with Crippen LogP contribution in [-0.2, 0) is 4.84 Å². The lowest BCUT2D eigenvalue weighted by Gasteiger charge is -2.15. The summed E-state index contributed by atoms with van der Waals surface area (Å²) in [5.41, 5.74) is 3.79. The van der Waals surface area contributed by atoms with Gasteiger partial charge in [-0.25, -0.2) is 4.39 Å². The molecule has 0 aliphatic heterocycles. The molecule has 0 radical (unpaired) electrons. The topological polar surface area (TPSA) is 21.3 Å². The third kappa shape index (κ3) is 4.08. The summed E-state index contributed by atoms with van der Waals surface area (Å²) in [7, 11) is 0. The number of benzene rings is 1. The Kier molecular flexibility index (Phi) is 5.19. The highest BCUT2D eigenvalue weighted by atomic mass is 35.5. The quantitative estimate of drug-likeness (QED) is 0.799. The van der Waals surface area contributed by atoms with Gasteiger partial charge in [0.25, 0.3) is 0 Å². The minimum atomic E-state index is -0.402. The van der Waals surface area contributed by atoms with Crippen molar-refractivity contribution >= 4 is 11.6 Å². The van der Waals surface area contributed by atoms with Crippen LogP contribution in [0.1, 0.15) is 32.4 Å². The fourth-order valence-electron chi connectivity index (χ4n) is 1.19. The van der Waals surface area contributed by atoms with E-state index < -0.39 is 5.82 Å². The molecular formula is C12H17ClFNO. The van der Waals surface area contributed by atoms with E-state index in [1.807, 2.05) is 6.92 Å². The Hall–Kier alpha value is -0.640. The number of nitrogens with one attached hydrogen (secondary N) is 1. The van der Waals surface area contributed by atoms with Crippen LogP contribution in [0.5, 0.6) is 0 Å². The van der Waals surface area contributed by atoms with Crippen molar-refractivity contribution in [3.63, 3.8) is 0 Å². The molecule has 0 saturated carbocycles. The van der Waals surface area contributed by atoms with Crippen LogP contribution in [0.25, 0.3) is 0 Å². The normalized spacial score (nSPS) is 13.1. The van der Waals surface area contributed by atoms with Crippen LogP contribution >= 0.6 is 11.6 Å². The van der Waals surface area contributed by atoms with Gasteiger partial charge in [0.05, 0.1) is 17.7 Å².